The summed E-state index contributed by atoms with van der Waals surface area (Å²) in [5, 5.41) is 5.63. The van der Waals surface area contributed by atoms with Crippen LogP contribution in [0.15, 0.2) is 22.7 Å². The molecule has 0 heterocycles. The number of benzene rings is 1. The third-order valence-corrected chi connectivity index (χ3v) is 4.15. The van der Waals surface area contributed by atoms with Gasteiger partial charge in [-0.05, 0) is 52.9 Å². The Labute approximate surface area is 127 Å². The van der Waals surface area contributed by atoms with Crippen LogP contribution < -0.4 is 10.6 Å². The van der Waals surface area contributed by atoms with Gasteiger partial charge in [0.05, 0.1) is 5.69 Å². The molecule has 108 valence electrons. The number of halogens is 1. The maximum Gasteiger partial charge on any atom is 0.226 e. The maximum atomic E-state index is 11.8. The highest BCUT2D eigenvalue weighted by Crippen LogP contribution is 2.37. The van der Waals surface area contributed by atoms with Crippen LogP contribution >= 0.6 is 15.9 Å². The summed E-state index contributed by atoms with van der Waals surface area (Å²) < 4.78 is 0.863. The fraction of sp³-hybridized carbons (Fsp3) is 0.467. The van der Waals surface area contributed by atoms with Gasteiger partial charge >= 0.3 is 0 Å². The van der Waals surface area contributed by atoms with Gasteiger partial charge in [-0.25, -0.2) is 0 Å². The van der Waals surface area contributed by atoms with E-state index in [-0.39, 0.29) is 24.2 Å². The molecule has 1 aromatic carbocycles. The topological polar surface area (TPSA) is 58.2 Å². The Kier molecular flexibility index (Phi) is 4.81. The molecule has 0 spiro atoms. The predicted molar refractivity (Wildman–Crippen MR) is 82.4 cm³/mol. The SMILES string of the molecule is Cc1ccc(NC(=O)CCNC(=O)C2CC2C)c(Br)c1. The molecule has 2 amide bonds. The van der Waals surface area contributed by atoms with E-state index in [4.69, 9.17) is 0 Å². The Balaban J connectivity index is 1.73. The number of carbonyl (C=O) groups excluding carboxylic acids is 2. The van der Waals surface area contributed by atoms with Crippen molar-refractivity contribution in [2.75, 3.05) is 11.9 Å². The van der Waals surface area contributed by atoms with Crippen LogP contribution in [-0.4, -0.2) is 18.4 Å². The van der Waals surface area contributed by atoms with Gasteiger partial charge in [-0.15, -0.1) is 0 Å². The number of aryl methyl sites for hydroxylation is 1. The average Bonchev–Trinajstić information content (AvgIpc) is 3.10. The first-order valence-corrected chi connectivity index (χ1v) is 7.60. The molecular weight excluding hydrogens is 320 g/mol. The van der Waals surface area contributed by atoms with Gasteiger partial charge < -0.3 is 10.6 Å². The fourth-order valence-corrected chi connectivity index (χ4v) is 2.64. The number of amides is 2. The Morgan fingerprint density at radius 3 is 2.70 bits per heavy atom. The minimum absolute atomic E-state index is 0.0711. The normalized spacial score (nSPS) is 20.4. The van der Waals surface area contributed by atoms with Gasteiger partial charge in [0.25, 0.3) is 0 Å². The molecule has 0 aliphatic heterocycles. The number of anilines is 1. The summed E-state index contributed by atoms with van der Waals surface area (Å²) in [4.78, 5) is 23.4. The van der Waals surface area contributed by atoms with Gasteiger partial charge in [-0.1, -0.05) is 13.0 Å². The van der Waals surface area contributed by atoms with Crippen LogP contribution in [0.3, 0.4) is 0 Å². The molecule has 0 radical (unpaired) electrons. The molecule has 4 nitrogen and oxygen atoms in total. The summed E-state index contributed by atoms with van der Waals surface area (Å²) in [5.41, 5.74) is 1.88. The summed E-state index contributed by atoms with van der Waals surface area (Å²) in [6.07, 6.45) is 1.25. The monoisotopic (exact) mass is 338 g/mol. The molecule has 2 atom stereocenters. The van der Waals surface area contributed by atoms with E-state index in [1.165, 1.54) is 0 Å². The first-order chi connectivity index (χ1) is 9.47. The summed E-state index contributed by atoms with van der Waals surface area (Å²) in [7, 11) is 0. The summed E-state index contributed by atoms with van der Waals surface area (Å²) in [6.45, 7) is 4.44. The van der Waals surface area contributed by atoms with Gasteiger partial charge in [-0.2, -0.15) is 0 Å². The van der Waals surface area contributed by atoms with E-state index >= 15 is 0 Å². The maximum absolute atomic E-state index is 11.8. The Hall–Kier alpha value is -1.36. The van der Waals surface area contributed by atoms with E-state index in [1.807, 2.05) is 25.1 Å². The Morgan fingerprint density at radius 1 is 1.40 bits per heavy atom. The standard InChI is InChI=1S/C15H19BrN2O2/c1-9-3-4-13(12(16)7-9)18-14(19)5-6-17-15(20)11-8-10(11)2/h3-4,7,10-11H,5-6,8H2,1-2H3,(H,17,20)(H,18,19). The highest BCUT2D eigenvalue weighted by Gasteiger charge is 2.38. The lowest BCUT2D eigenvalue weighted by Crippen LogP contribution is -2.29. The fourth-order valence-electron chi connectivity index (χ4n) is 2.05. The zero-order chi connectivity index (χ0) is 14.7. The molecular formula is C15H19BrN2O2. The van der Waals surface area contributed by atoms with E-state index in [0.717, 1.165) is 22.1 Å². The van der Waals surface area contributed by atoms with Gasteiger partial charge in [-0.3, -0.25) is 9.59 Å². The average molecular weight is 339 g/mol. The first-order valence-electron chi connectivity index (χ1n) is 6.81. The predicted octanol–water partition coefficient (Wildman–Crippen LogP) is 2.86. The first kappa shape index (κ1) is 15.0. The van der Waals surface area contributed by atoms with Crippen molar-refractivity contribution in [1.29, 1.82) is 0 Å². The van der Waals surface area contributed by atoms with Crippen LogP contribution in [0.2, 0.25) is 0 Å². The van der Waals surface area contributed by atoms with Crippen LogP contribution in [0.1, 0.15) is 25.3 Å². The van der Waals surface area contributed by atoms with Crippen LogP contribution in [0.5, 0.6) is 0 Å². The Morgan fingerprint density at radius 2 is 2.10 bits per heavy atom. The van der Waals surface area contributed by atoms with Crippen molar-refractivity contribution < 1.29 is 9.59 Å². The number of rotatable bonds is 5. The van der Waals surface area contributed by atoms with Crippen molar-refractivity contribution >= 4 is 33.4 Å². The van der Waals surface area contributed by atoms with Crippen molar-refractivity contribution in [1.82, 2.24) is 5.32 Å². The molecule has 0 saturated heterocycles. The third-order valence-electron chi connectivity index (χ3n) is 3.50. The summed E-state index contributed by atoms with van der Waals surface area (Å²) >= 11 is 3.42. The largest absolute Gasteiger partial charge is 0.355 e. The molecule has 2 N–H and O–H groups in total. The van der Waals surface area contributed by atoms with Gasteiger partial charge in [0.1, 0.15) is 0 Å². The molecule has 1 aliphatic rings. The Bertz CT molecular complexity index is 531. The molecule has 20 heavy (non-hydrogen) atoms. The van der Waals surface area contributed by atoms with E-state index in [0.29, 0.717) is 12.5 Å². The van der Waals surface area contributed by atoms with E-state index in [1.54, 1.807) is 0 Å². The number of carbonyl (C=O) groups is 2. The molecule has 1 aliphatic carbocycles. The van der Waals surface area contributed by atoms with Gasteiger partial charge in [0.15, 0.2) is 0 Å². The molecule has 1 saturated carbocycles. The second-order valence-electron chi connectivity index (χ2n) is 5.39. The minimum atomic E-state index is -0.0984. The summed E-state index contributed by atoms with van der Waals surface area (Å²) in [6, 6.07) is 5.75. The minimum Gasteiger partial charge on any atom is -0.355 e. The molecule has 2 rings (SSSR count). The zero-order valence-electron chi connectivity index (χ0n) is 11.7. The molecule has 2 unspecified atom stereocenters. The van der Waals surface area contributed by atoms with Crippen molar-refractivity contribution in [2.24, 2.45) is 11.8 Å². The van der Waals surface area contributed by atoms with E-state index < -0.39 is 0 Å². The van der Waals surface area contributed by atoms with E-state index in [9.17, 15) is 9.59 Å². The second-order valence-corrected chi connectivity index (χ2v) is 6.25. The quantitative estimate of drug-likeness (QED) is 0.867. The smallest absolute Gasteiger partial charge is 0.226 e. The van der Waals surface area contributed by atoms with Crippen molar-refractivity contribution in [3.8, 4) is 0 Å². The number of hydrogen-bond donors (Lipinski definition) is 2. The van der Waals surface area contributed by atoms with Crippen molar-refractivity contribution in [2.45, 2.75) is 26.7 Å². The van der Waals surface area contributed by atoms with E-state index in [2.05, 4.69) is 33.5 Å². The molecule has 5 heteroatoms. The lowest BCUT2D eigenvalue weighted by atomic mass is 10.2. The van der Waals surface area contributed by atoms with Crippen molar-refractivity contribution in [3.05, 3.63) is 28.2 Å². The molecule has 1 fully saturated rings. The second kappa shape index (κ2) is 6.39. The van der Waals surface area contributed by atoms with Crippen LogP contribution in [-0.2, 0) is 9.59 Å². The number of nitrogens with one attached hydrogen (secondary N) is 2. The molecule has 0 bridgehead atoms. The lowest BCUT2D eigenvalue weighted by molar-refractivity contribution is -0.122. The lowest BCUT2D eigenvalue weighted by Gasteiger charge is -2.08. The number of hydrogen-bond acceptors (Lipinski definition) is 2. The van der Waals surface area contributed by atoms with Gasteiger partial charge in [0.2, 0.25) is 11.8 Å². The van der Waals surface area contributed by atoms with Crippen LogP contribution in [0, 0.1) is 18.8 Å². The highest BCUT2D eigenvalue weighted by atomic mass is 79.9. The summed E-state index contributed by atoms with van der Waals surface area (Å²) in [5.74, 6) is 0.622. The van der Waals surface area contributed by atoms with Crippen molar-refractivity contribution in [3.63, 3.8) is 0 Å². The molecule has 0 aromatic heterocycles. The van der Waals surface area contributed by atoms with Crippen LogP contribution in [0.4, 0.5) is 5.69 Å². The highest BCUT2D eigenvalue weighted by molar-refractivity contribution is 9.10. The van der Waals surface area contributed by atoms with Gasteiger partial charge in [0, 0.05) is 23.4 Å². The molecule has 1 aromatic rings. The van der Waals surface area contributed by atoms with Crippen LogP contribution in [0.25, 0.3) is 0 Å². The zero-order valence-corrected chi connectivity index (χ0v) is 13.3. The third kappa shape index (κ3) is 4.07.